The normalized spacial score (nSPS) is 11.8. The standard InChI is InChI=1S/C11H15N3/c1-3-8(2)14-11-5-4-10(13)6-9(11)7-12/h4-6,8,14H,3,13H2,1-2H3/t8-/m0/s1. The van der Waals surface area contributed by atoms with Crippen molar-refractivity contribution in [3.05, 3.63) is 23.8 Å². The molecule has 0 saturated heterocycles. The van der Waals surface area contributed by atoms with Crippen molar-refractivity contribution < 1.29 is 0 Å². The quantitative estimate of drug-likeness (QED) is 0.717. The van der Waals surface area contributed by atoms with Crippen LogP contribution in [0.15, 0.2) is 18.2 Å². The summed E-state index contributed by atoms with van der Waals surface area (Å²) in [6, 6.07) is 7.82. The number of benzene rings is 1. The Bertz CT molecular complexity index is 352. The molecule has 0 unspecified atom stereocenters. The first-order valence-electron chi connectivity index (χ1n) is 4.73. The van der Waals surface area contributed by atoms with Gasteiger partial charge in [-0.2, -0.15) is 5.26 Å². The molecule has 3 heteroatoms. The number of nitrogens with one attached hydrogen (secondary N) is 1. The highest BCUT2D eigenvalue weighted by Gasteiger charge is 2.04. The van der Waals surface area contributed by atoms with Crippen molar-refractivity contribution in [3.8, 4) is 6.07 Å². The topological polar surface area (TPSA) is 61.8 Å². The van der Waals surface area contributed by atoms with Crippen molar-refractivity contribution in [2.24, 2.45) is 0 Å². The molecule has 0 radical (unpaired) electrons. The van der Waals surface area contributed by atoms with E-state index in [-0.39, 0.29) is 0 Å². The highest BCUT2D eigenvalue weighted by Crippen LogP contribution is 2.19. The summed E-state index contributed by atoms with van der Waals surface area (Å²) in [6.07, 6.45) is 1.02. The lowest BCUT2D eigenvalue weighted by atomic mass is 10.1. The van der Waals surface area contributed by atoms with Crippen molar-refractivity contribution in [2.75, 3.05) is 11.1 Å². The van der Waals surface area contributed by atoms with Crippen molar-refractivity contribution in [1.29, 1.82) is 5.26 Å². The van der Waals surface area contributed by atoms with E-state index in [0.717, 1.165) is 12.1 Å². The predicted octanol–water partition coefficient (Wildman–Crippen LogP) is 2.35. The summed E-state index contributed by atoms with van der Waals surface area (Å²) < 4.78 is 0. The molecule has 3 nitrogen and oxygen atoms in total. The summed E-state index contributed by atoms with van der Waals surface area (Å²) in [5.74, 6) is 0. The molecule has 0 amide bonds. The van der Waals surface area contributed by atoms with Crippen LogP contribution in [0.2, 0.25) is 0 Å². The van der Waals surface area contributed by atoms with Crippen molar-refractivity contribution in [3.63, 3.8) is 0 Å². The molecule has 0 saturated carbocycles. The number of nitrogens with zero attached hydrogens (tertiary/aromatic N) is 1. The third-order valence-electron chi connectivity index (χ3n) is 2.18. The number of nitrogen functional groups attached to an aromatic ring is 1. The van der Waals surface area contributed by atoms with Gasteiger partial charge in [0.1, 0.15) is 6.07 Å². The monoisotopic (exact) mass is 189 g/mol. The molecule has 0 fully saturated rings. The molecule has 0 aliphatic carbocycles. The molecule has 74 valence electrons. The number of hydrogen-bond donors (Lipinski definition) is 2. The summed E-state index contributed by atoms with van der Waals surface area (Å²) >= 11 is 0. The van der Waals surface area contributed by atoms with Gasteiger partial charge in [0.25, 0.3) is 0 Å². The van der Waals surface area contributed by atoms with Gasteiger partial charge in [-0.05, 0) is 31.5 Å². The Kier molecular flexibility index (Phi) is 3.35. The van der Waals surface area contributed by atoms with Gasteiger partial charge in [-0.1, -0.05) is 6.92 Å². The fourth-order valence-electron chi connectivity index (χ4n) is 1.15. The van der Waals surface area contributed by atoms with E-state index in [1.165, 1.54) is 0 Å². The van der Waals surface area contributed by atoms with Crippen LogP contribution in [-0.2, 0) is 0 Å². The number of anilines is 2. The van der Waals surface area contributed by atoms with Crippen LogP contribution in [0, 0.1) is 11.3 Å². The fraction of sp³-hybridized carbons (Fsp3) is 0.364. The zero-order valence-electron chi connectivity index (χ0n) is 8.54. The Hall–Kier alpha value is -1.69. The van der Waals surface area contributed by atoms with Gasteiger partial charge in [-0.15, -0.1) is 0 Å². The Labute approximate surface area is 84.5 Å². The van der Waals surface area contributed by atoms with Gasteiger partial charge in [0.2, 0.25) is 0 Å². The molecular formula is C11H15N3. The maximum Gasteiger partial charge on any atom is 0.101 e. The van der Waals surface area contributed by atoms with E-state index in [0.29, 0.717) is 17.3 Å². The average Bonchev–Trinajstić information content (AvgIpc) is 2.20. The van der Waals surface area contributed by atoms with Gasteiger partial charge < -0.3 is 11.1 Å². The molecule has 3 N–H and O–H groups in total. The maximum absolute atomic E-state index is 8.88. The van der Waals surface area contributed by atoms with Gasteiger partial charge in [-0.25, -0.2) is 0 Å². The summed E-state index contributed by atoms with van der Waals surface area (Å²) in [6.45, 7) is 4.18. The highest BCUT2D eigenvalue weighted by atomic mass is 14.9. The largest absolute Gasteiger partial charge is 0.399 e. The second-order valence-electron chi connectivity index (χ2n) is 3.37. The van der Waals surface area contributed by atoms with Gasteiger partial charge >= 0.3 is 0 Å². The van der Waals surface area contributed by atoms with Crippen molar-refractivity contribution >= 4 is 11.4 Å². The van der Waals surface area contributed by atoms with Gasteiger partial charge in [0.15, 0.2) is 0 Å². The van der Waals surface area contributed by atoms with Gasteiger partial charge in [-0.3, -0.25) is 0 Å². The molecule has 14 heavy (non-hydrogen) atoms. The Morgan fingerprint density at radius 2 is 2.29 bits per heavy atom. The van der Waals surface area contributed by atoms with Gasteiger partial charge in [0.05, 0.1) is 11.3 Å². The van der Waals surface area contributed by atoms with Crippen LogP contribution in [0.25, 0.3) is 0 Å². The van der Waals surface area contributed by atoms with E-state index in [1.807, 2.05) is 6.07 Å². The van der Waals surface area contributed by atoms with E-state index in [1.54, 1.807) is 12.1 Å². The number of hydrogen-bond acceptors (Lipinski definition) is 3. The molecule has 0 bridgehead atoms. The molecular weight excluding hydrogens is 174 g/mol. The lowest BCUT2D eigenvalue weighted by molar-refractivity contribution is 0.764. The Morgan fingerprint density at radius 3 is 2.86 bits per heavy atom. The number of nitrogens with two attached hydrogens (primary N) is 1. The SMILES string of the molecule is CC[C@H](C)Nc1ccc(N)cc1C#N. The zero-order valence-corrected chi connectivity index (χ0v) is 8.54. The lowest BCUT2D eigenvalue weighted by Gasteiger charge is -2.14. The average molecular weight is 189 g/mol. The molecule has 0 spiro atoms. The van der Waals surface area contributed by atoms with Crippen LogP contribution >= 0.6 is 0 Å². The highest BCUT2D eigenvalue weighted by molar-refractivity contribution is 5.63. The third kappa shape index (κ3) is 2.40. The van der Waals surface area contributed by atoms with E-state index < -0.39 is 0 Å². The van der Waals surface area contributed by atoms with Crippen LogP contribution < -0.4 is 11.1 Å². The zero-order chi connectivity index (χ0) is 10.6. The summed E-state index contributed by atoms with van der Waals surface area (Å²) in [7, 11) is 0. The predicted molar refractivity (Wildman–Crippen MR) is 58.9 cm³/mol. The van der Waals surface area contributed by atoms with E-state index in [2.05, 4.69) is 25.2 Å². The smallest absolute Gasteiger partial charge is 0.101 e. The van der Waals surface area contributed by atoms with Crippen molar-refractivity contribution in [1.82, 2.24) is 0 Å². The van der Waals surface area contributed by atoms with Gasteiger partial charge in [0, 0.05) is 11.7 Å². The minimum Gasteiger partial charge on any atom is -0.399 e. The molecule has 0 aromatic heterocycles. The molecule has 0 heterocycles. The summed E-state index contributed by atoms with van der Waals surface area (Å²) in [5.41, 5.74) is 7.67. The lowest BCUT2D eigenvalue weighted by Crippen LogP contribution is -2.14. The van der Waals surface area contributed by atoms with E-state index in [4.69, 9.17) is 11.0 Å². The molecule has 1 atom stereocenters. The van der Waals surface area contributed by atoms with Crippen LogP contribution in [0.3, 0.4) is 0 Å². The van der Waals surface area contributed by atoms with Crippen LogP contribution in [0.1, 0.15) is 25.8 Å². The Balaban J connectivity index is 2.92. The molecule has 1 aromatic rings. The first-order valence-corrected chi connectivity index (χ1v) is 4.73. The first-order chi connectivity index (χ1) is 6.67. The first kappa shape index (κ1) is 10.4. The minimum atomic E-state index is 0.366. The van der Waals surface area contributed by atoms with Crippen molar-refractivity contribution in [2.45, 2.75) is 26.3 Å². The van der Waals surface area contributed by atoms with Crippen LogP contribution in [0.4, 0.5) is 11.4 Å². The molecule has 1 aromatic carbocycles. The Morgan fingerprint density at radius 1 is 1.57 bits per heavy atom. The maximum atomic E-state index is 8.88. The molecule has 0 aliphatic rings. The fourth-order valence-corrected chi connectivity index (χ4v) is 1.15. The number of rotatable bonds is 3. The van der Waals surface area contributed by atoms with E-state index >= 15 is 0 Å². The summed E-state index contributed by atoms with van der Waals surface area (Å²) in [5, 5.41) is 12.1. The molecule has 1 rings (SSSR count). The second kappa shape index (κ2) is 4.52. The second-order valence-corrected chi connectivity index (χ2v) is 3.37. The van der Waals surface area contributed by atoms with E-state index in [9.17, 15) is 0 Å². The van der Waals surface area contributed by atoms with Crippen LogP contribution in [-0.4, -0.2) is 6.04 Å². The minimum absolute atomic E-state index is 0.366. The summed E-state index contributed by atoms with van der Waals surface area (Å²) in [4.78, 5) is 0. The molecule has 0 aliphatic heterocycles. The van der Waals surface area contributed by atoms with Crippen LogP contribution in [0.5, 0.6) is 0 Å². The number of nitriles is 1. The third-order valence-corrected chi connectivity index (χ3v) is 2.18.